The number of hydrogen-bond acceptors (Lipinski definition) is 16. The number of aromatic amines is 1. The van der Waals surface area contributed by atoms with Crippen LogP contribution >= 0.6 is 11.8 Å². The van der Waals surface area contributed by atoms with Crippen LogP contribution in [-0.2, 0) is 35.1 Å². The van der Waals surface area contributed by atoms with Gasteiger partial charge in [-0.3, -0.25) is 28.7 Å². The highest BCUT2D eigenvalue weighted by Gasteiger charge is 2.29. The topological polar surface area (TPSA) is 277 Å². The molecule has 1 atom stereocenters. The van der Waals surface area contributed by atoms with Crippen LogP contribution < -0.4 is 36.5 Å². The molecule has 1 aliphatic heterocycles. The summed E-state index contributed by atoms with van der Waals surface area (Å²) in [6, 6.07) is 21.6. The fraction of sp³-hybridized carbons (Fsp3) is 0.375. The molecule has 0 unspecified atom stereocenters. The van der Waals surface area contributed by atoms with E-state index in [1.165, 1.54) is 36.9 Å². The molecule has 5 aromatic rings. The number of anilines is 2. The zero-order valence-electron chi connectivity index (χ0n) is 45.2. The number of ether oxygens (including phenoxy) is 3. The van der Waals surface area contributed by atoms with E-state index in [9.17, 15) is 46.6 Å². The summed E-state index contributed by atoms with van der Waals surface area (Å²) >= 11 is 1.18. The van der Waals surface area contributed by atoms with Gasteiger partial charge in [-0.1, -0.05) is 36.0 Å². The molecule has 81 heavy (non-hydrogen) atoms. The molecule has 5 N–H and O–H groups in total. The summed E-state index contributed by atoms with van der Waals surface area (Å²) in [5, 5.41) is 24.0. The molecule has 2 aliphatic rings. The first-order valence-corrected chi connectivity index (χ1v) is 26.5. The number of aromatic carboxylic acids is 1. The van der Waals surface area contributed by atoms with Crippen LogP contribution in [0.5, 0.6) is 0 Å². The summed E-state index contributed by atoms with van der Waals surface area (Å²) in [6.07, 6.45) is -2.40. The second-order valence-corrected chi connectivity index (χ2v) is 19.9. The van der Waals surface area contributed by atoms with Gasteiger partial charge in [0, 0.05) is 92.7 Å². The minimum atomic E-state index is -5.19. The number of rotatable bonds is 27. The van der Waals surface area contributed by atoms with E-state index in [1.54, 1.807) is 28.8 Å². The largest absolute Gasteiger partial charge is 0.542 e. The third-order valence-corrected chi connectivity index (χ3v) is 13.5. The molecule has 0 fully saturated rings. The number of carbonyl (C=O) groups excluding carboxylic acids is 4. The van der Waals surface area contributed by atoms with Crippen LogP contribution in [0, 0.1) is 5.82 Å². The number of aliphatic carboxylic acids is 1. The molecule has 1 aliphatic carbocycles. The van der Waals surface area contributed by atoms with Crippen LogP contribution in [0.15, 0.2) is 93.2 Å². The van der Waals surface area contributed by atoms with Gasteiger partial charge in [-0.25, -0.2) is 18.7 Å². The number of carboxylic acids is 2. The van der Waals surface area contributed by atoms with Gasteiger partial charge in [0.1, 0.15) is 37.2 Å². The molecule has 0 radical (unpaired) electrons. The van der Waals surface area contributed by atoms with Gasteiger partial charge in [-0.2, -0.15) is 18.2 Å². The van der Waals surface area contributed by atoms with Crippen molar-refractivity contribution in [3.8, 4) is 22.5 Å². The summed E-state index contributed by atoms with van der Waals surface area (Å²) < 4.78 is 72.2. The Bertz CT molecular complexity index is 3470. The van der Waals surface area contributed by atoms with Crippen LogP contribution in [0.4, 0.5) is 29.2 Å². The van der Waals surface area contributed by atoms with Crippen LogP contribution in [0.1, 0.15) is 71.7 Å². The third kappa shape index (κ3) is 17.5. The Hall–Kier alpha value is -8.00. The van der Waals surface area contributed by atoms with E-state index >= 15 is 0 Å². The number of halogens is 4. The number of nitrogens with one attached hydrogen (secondary N) is 2. The van der Waals surface area contributed by atoms with Crippen molar-refractivity contribution >= 4 is 74.9 Å². The number of H-pyrrole nitrogens is 1. The van der Waals surface area contributed by atoms with Crippen LogP contribution in [0.3, 0.4) is 0 Å². The van der Waals surface area contributed by atoms with Gasteiger partial charge in [-0.15, -0.1) is 0 Å². The molecule has 2 aromatic heterocycles. The number of carboxylic acid groups (broad SMARTS) is 2. The Kier molecular flexibility index (Phi) is 22.2. The highest BCUT2D eigenvalue weighted by atomic mass is 32.2. The van der Waals surface area contributed by atoms with Gasteiger partial charge in [0.05, 0.1) is 50.6 Å². The van der Waals surface area contributed by atoms with E-state index < -0.39 is 35.5 Å². The molecule has 0 spiro atoms. The molecule has 20 nitrogen and oxygen atoms in total. The monoisotopic (exact) mass is 1150 g/mol. The maximum atomic E-state index is 13.6. The number of thioether (sulfide) groups is 1. The molecule has 0 saturated carbocycles. The quantitative estimate of drug-likeness (QED) is 0.0116. The van der Waals surface area contributed by atoms with Crippen molar-refractivity contribution in [3.05, 3.63) is 117 Å². The van der Waals surface area contributed by atoms with Crippen LogP contribution in [0.25, 0.3) is 44.6 Å². The number of nitrogens with two attached hydrogens (primary N) is 1. The highest BCUT2D eigenvalue weighted by Crippen LogP contribution is 2.42. The zero-order valence-corrected chi connectivity index (χ0v) is 46.0. The van der Waals surface area contributed by atoms with Gasteiger partial charge in [0.2, 0.25) is 17.2 Å². The van der Waals surface area contributed by atoms with Crippen molar-refractivity contribution in [2.24, 2.45) is 0 Å². The number of carbonyl (C=O) groups is 5. The maximum Gasteiger partial charge on any atom is 0.430 e. The highest BCUT2D eigenvalue weighted by molar-refractivity contribution is 7.99. The predicted molar refractivity (Wildman–Crippen MR) is 294 cm³/mol. The minimum absolute atomic E-state index is 0.0314. The van der Waals surface area contributed by atoms with E-state index in [0.29, 0.717) is 93.0 Å². The predicted octanol–water partition coefficient (Wildman–Crippen LogP) is 5.94. The Balaban J connectivity index is 0.00000141. The van der Waals surface area contributed by atoms with E-state index in [0.717, 1.165) is 33.1 Å². The van der Waals surface area contributed by atoms with Crippen molar-refractivity contribution in [1.29, 1.82) is 0 Å². The van der Waals surface area contributed by atoms with Crippen molar-refractivity contribution in [3.63, 3.8) is 0 Å². The first-order chi connectivity index (χ1) is 38.5. The summed E-state index contributed by atoms with van der Waals surface area (Å²) in [6.45, 7) is 3.84. The smallest absolute Gasteiger partial charge is 0.430 e. The standard InChI is InChI=1S/C54H61FN8O10S.C2HF3O2/c1-33(64)57-43(32-74-54-58-49-50(59-53(56)60-51(49)67)63(54)31-34-12-15-36(55)16-13-34)45(66)11-7-9-23-71-25-27-72-26-24-70-22-8-6-10-44(65)35-14-19-39(42(28-35)52(68)69)48-40-20-17-37(61(2)3)29-46(40)73-47-30-38(62(4)5)18-21-41(47)48;3-2(4,5)1(6)7/h12-21,28-30,43H,6-11,22-27,31-32H2,1-5H3,(H4-,56,57,59,60,64,67,68,69);(H,6,7)/t43-;/m0./s1. The second-order valence-electron chi connectivity index (χ2n) is 18.9. The maximum absolute atomic E-state index is 13.6. The molecular weight excluding hydrogens is 1080 g/mol. The number of unbranched alkanes of at least 4 members (excludes halogenated alkanes) is 2. The van der Waals surface area contributed by atoms with Gasteiger partial charge < -0.3 is 49.6 Å². The SMILES string of the molecule is CC(=O)N[C@@H](CSc1nc2c(=O)[nH]c(N)nc2n1Cc1ccc(F)cc1)C(=O)CCCCOCCOCCOCCCCC(=O)c1ccc(-c2c3ccc(=[N+](C)C)cc-3oc3cc(N(C)C)ccc23)c(C(=O)O)c1.O=C([O-])C(F)(F)F. The number of aromatic nitrogens is 4. The van der Waals surface area contributed by atoms with Crippen molar-refractivity contribution < 1.29 is 70.4 Å². The lowest BCUT2D eigenvalue weighted by Crippen LogP contribution is -2.41. The lowest BCUT2D eigenvalue weighted by molar-refractivity contribution is -0.344. The molecule has 25 heteroatoms. The molecule has 1 amide bonds. The molecule has 3 aromatic carbocycles. The zero-order chi connectivity index (χ0) is 59.0. The summed E-state index contributed by atoms with van der Waals surface area (Å²) in [5.74, 6) is -4.55. The van der Waals surface area contributed by atoms with Gasteiger partial charge in [0.15, 0.2) is 27.9 Å². The Morgan fingerprint density at radius 1 is 0.864 bits per heavy atom. The number of amides is 1. The van der Waals surface area contributed by atoms with E-state index in [-0.39, 0.29) is 65.3 Å². The number of fused-ring (bicyclic) bond motifs is 3. The molecule has 3 heterocycles. The minimum Gasteiger partial charge on any atom is -0.542 e. The number of nitrogen functional groups attached to an aromatic ring is 1. The van der Waals surface area contributed by atoms with E-state index in [4.69, 9.17) is 34.3 Å². The van der Waals surface area contributed by atoms with Crippen molar-refractivity contribution in [2.75, 3.05) is 84.2 Å². The Labute approximate surface area is 466 Å². The molecular formula is C56H62F4N8O12S. The Morgan fingerprint density at radius 2 is 1.49 bits per heavy atom. The fourth-order valence-electron chi connectivity index (χ4n) is 8.33. The van der Waals surface area contributed by atoms with E-state index in [2.05, 4.69) is 20.3 Å². The summed E-state index contributed by atoms with van der Waals surface area (Å²) in [7, 11) is 7.77. The number of hydrogen-bond donors (Lipinski definition) is 4. The van der Waals surface area contributed by atoms with Gasteiger partial charge in [0.25, 0.3) is 5.56 Å². The van der Waals surface area contributed by atoms with Crippen molar-refractivity contribution in [1.82, 2.24) is 29.4 Å². The number of ketones is 2. The summed E-state index contributed by atoms with van der Waals surface area (Å²) in [5.41, 5.74) is 10.2. The number of alkyl halides is 3. The Morgan fingerprint density at radius 3 is 2.10 bits per heavy atom. The number of benzene rings is 4. The van der Waals surface area contributed by atoms with Crippen LogP contribution in [-0.4, -0.2) is 140 Å². The van der Waals surface area contributed by atoms with E-state index in [1.807, 2.05) is 74.1 Å². The second kappa shape index (κ2) is 28.9. The number of nitrogens with zero attached hydrogens (tertiary/aromatic N) is 5. The number of Topliss-reactive ketones (excluding diaryl/α,β-unsaturated/α-hetero) is 2. The van der Waals surface area contributed by atoms with Gasteiger partial charge >= 0.3 is 12.1 Å². The first kappa shape index (κ1) is 62.2. The number of imidazole rings is 1. The molecule has 7 rings (SSSR count). The molecule has 0 saturated heterocycles. The molecule has 0 bridgehead atoms. The summed E-state index contributed by atoms with van der Waals surface area (Å²) in [4.78, 5) is 86.1. The average Bonchev–Trinajstić information content (AvgIpc) is 3.76. The third-order valence-electron chi connectivity index (χ3n) is 12.4. The normalized spacial score (nSPS) is 11.8. The lowest BCUT2D eigenvalue weighted by Gasteiger charge is -2.19. The van der Waals surface area contributed by atoms with Crippen molar-refractivity contribution in [2.45, 2.75) is 69.4 Å². The fourth-order valence-corrected chi connectivity index (χ4v) is 9.38. The first-order valence-electron chi connectivity index (χ1n) is 25.6. The lowest BCUT2D eigenvalue weighted by atomic mass is 9.89. The van der Waals surface area contributed by atoms with Crippen LogP contribution in [0.2, 0.25) is 0 Å². The average molecular weight is 1150 g/mol. The molecule has 432 valence electrons. The van der Waals surface area contributed by atoms with Gasteiger partial charge in [-0.05, 0) is 73.2 Å².